The summed E-state index contributed by atoms with van der Waals surface area (Å²) < 4.78 is 40.5. The molecule has 1 heterocycles. The number of hydrogen-bond acceptors (Lipinski definition) is 3. The molecule has 0 unspecified atom stereocenters. The fraction of sp³-hybridized carbons (Fsp3) is 0.222. The van der Waals surface area contributed by atoms with Crippen LogP contribution < -0.4 is 0 Å². The molecule has 7 heteroatoms. The molecule has 0 saturated carbocycles. The van der Waals surface area contributed by atoms with Gasteiger partial charge in [0.2, 0.25) is 0 Å². The minimum absolute atomic E-state index is 0.000821. The predicted molar refractivity (Wildman–Crippen MR) is 85.9 cm³/mol. The number of benzene rings is 2. The number of aryl methyl sites for hydroxylation is 1. The Labute approximate surface area is 142 Å². The minimum atomic E-state index is -5.05. The van der Waals surface area contributed by atoms with Crippen molar-refractivity contribution in [1.82, 2.24) is 5.01 Å². The van der Waals surface area contributed by atoms with E-state index in [1.807, 2.05) is 0 Å². The molecule has 0 saturated heterocycles. The van der Waals surface area contributed by atoms with Gasteiger partial charge in [0.25, 0.3) is 11.6 Å². The van der Waals surface area contributed by atoms with Gasteiger partial charge in [0.05, 0.1) is 12.1 Å². The van der Waals surface area contributed by atoms with Crippen LogP contribution in [0.25, 0.3) is 0 Å². The Bertz CT molecular complexity index is 816. The van der Waals surface area contributed by atoms with Gasteiger partial charge in [0, 0.05) is 5.56 Å². The number of amides is 1. The number of nitrogens with zero attached hydrogens (tertiary/aromatic N) is 2. The molecule has 130 valence electrons. The molecular formula is C18H15F3N2O2. The highest BCUT2D eigenvalue weighted by Crippen LogP contribution is 2.41. The van der Waals surface area contributed by atoms with E-state index < -0.39 is 24.2 Å². The van der Waals surface area contributed by atoms with Crippen molar-refractivity contribution in [1.29, 1.82) is 0 Å². The standard InChI is InChI=1S/C18H15F3N2O2/c1-12-7-9-14(10-8-12)16(24)23-17(25,18(19,20)21)11-15(22-23)13-5-3-2-4-6-13/h2-10,25H,11H2,1H3/t17-/m0/s1. The van der Waals surface area contributed by atoms with Crippen molar-refractivity contribution in [3.05, 3.63) is 71.3 Å². The maximum Gasteiger partial charge on any atom is 0.438 e. The quantitative estimate of drug-likeness (QED) is 0.903. The predicted octanol–water partition coefficient (Wildman–Crippen LogP) is 3.50. The van der Waals surface area contributed by atoms with Gasteiger partial charge in [0.1, 0.15) is 0 Å². The summed E-state index contributed by atoms with van der Waals surface area (Å²) in [6.45, 7) is 1.79. The molecule has 0 fully saturated rings. The van der Waals surface area contributed by atoms with Gasteiger partial charge in [-0.2, -0.15) is 23.3 Å². The molecule has 2 aromatic carbocycles. The average molecular weight is 348 g/mol. The molecule has 0 aliphatic carbocycles. The number of halogens is 3. The Morgan fingerprint density at radius 1 is 1.12 bits per heavy atom. The Balaban J connectivity index is 2.04. The van der Waals surface area contributed by atoms with Gasteiger partial charge in [-0.25, -0.2) is 0 Å². The van der Waals surface area contributed by atoms with Crippen molar-refractivity contribution in [2.45, 2.75) is 25.2 Å². The number of hydrogen-bond donors (Lipinski definition) is 1. The molecular weight excluding hydrogens is 333 g/mol. The first-order valence-corrected chi connectivity index (χ1v) is 7.55. The highest BCUT2D eigenvalue weighted by Gasteiger charge is 2.63. The summed E-state index contributed by atoms with van der Waals surface area (Å²) in [5, 5.41) is 14.2. The van der Waals surface area contributed by atoms with Crippen LogP contribution in [0.1, 0.15) is 27.9 Å². The van der Waals surface area contributed by atoms with Gasteiger partial charge in [-0.3, -0.25) is 4.79 Å². The molecule has 2 aromatic rings. The molecule has 0 aromatic heterocycles. The smallest absolute Gasteiger partial charge is 0.362 e. The summed E-state index contributed by atoms with van der Waals surface area (Å²) >= 11 is 0. The minimum Gasteiger partial charge on any atom is -0.362 e. The van der Waals surface area contributed by atoms with Crippen molar-refractivity contribution in [3.63, 3.8) is 0 Å². The van der Waals surface area contributed by atoms with Crippen LogP contribution in [0.15, 0.2) is 59.7 Å². The maximum atomic E-state index is 13.5. The van der Waals surface area contributed by atoms with Gasteiger partial charge >= 0.3 is 6.18 Å². The lowest BCUT2D eigenvalue weighted by atomic mass is 10.0. The zero-order valence-electron chi connectivity index (χ0n) is 13.3. The van der Waals surface area contributed by atoms with Crippen LogP contribution in [0.5, 0.6) is 0 Å². The fourth-order valence-electron chi connectivity index (χ4n) is 2.59. The molecule has 1 amide bonds. The number of carbonyl (C=O) groups excluding carboxylic acids is 1. The van der Waals surface area contributed by atoms with Crippen molar-refractivity contribution in [3.8, 4) is 0 Å². The van der Waals surface area contributed by atoms with Crippen molar-refractivity contribution < 1.29 is 23.1 Å². The van der Waals surface area contributed by atoms with E-state index in [2.05, 4.69) is 5.10 Å². The third-order valence-electron chi connectivity index (χ3n) is 4.04. The Morgan fingerprint density at radius 3 is 2.28 bits per heavy atom. The molecule has 4 nitrogen and oxygen atoms in total. The second-order valence-electron chi connectivity index (χ2n) is 5.89. The van der Waals surface area contributed by atoms with E-state index in [1.165, 1.54) is 12.1 Å². The first-order chi connectivity index (χ1) is 11.7. The summed E-state index contributed by atoms with van der Waals surface area (Å²) in [6.07, 6.45) is -5.87. The van der Waals surface area contributed by atoms with Crippen LogP contribution in [-0.4, -0.2) is 33.6 Å². The number of alkyl halides is 3. The summed E-state index contributed by atoms with van der Waals surface area (Å²) in [4.78, 5) is 12.6. The first-order valence-electron chi connectivity index (χ1n) is 7.55. The molecule has 3 rings (SSSR count). The largest absolute Gasteiger partial charge is 0.438 e. The molecule has 1 aliphatic heterocycles. The lowest BCUT2D eigenvalue weighted by Gasteiger charge is -2.32. The van der Waals surface area contributed by atoms with Crippen LogP contribution in [0.2, 0.25) is 0 Å². The fourth-order valence-corrected chi connectivity index (χ4v) is 2.59. The third kappa shape index (κ3) is 3.02. The Morgan fingerprint density at radius 2 is 1.72 bits per heavy atom. The maximum absolute atomic E-state index is 13.5. The summed E-state index contributed by atoms with van der Waals surface area (Å²) in [6, 6.07) is 14.2. The van der Waals surface area contributed by atoms with E-state index in [0.29, 0.717) is 5.56 Å². The Hall–Kier alpha value is -2.67. The van der Waals surface area contributed by atoms with Crippen LogP contribution >= 0.6 is 0 Å². The van der Waals surface area contributed by atoms with E-state index in [0.717, 1.165) is 5.56 Å². The molecule has 1 atom stereocenters. The molecule has 0 spiro atoms. The van der Waals surface area contributed by atoms with Crippen molar-refractivity contribution in [2.24, 2.45) is 5.10 Å². The zero-order valence-corrected chi connectivity index (χ0v) is 13.3. The third-order valence-corrected chi connectivity index (χ3v) is 4.04. The monoisotopic (exact) mass is 348 g/mol. The molecule has 1 N–H and O–H groups in total. The number of rotatable bonds is 2. The molecule has 25 heavy (non-hydrogen) atoms. The highest BCUT2D eigenvalue weighted by molar-refractivity contribution is 6.05. The van der Waals surface area contributed by atoms with Gasteiger partial charge in [0.15, 0.2) is 0 Å². The molecule has 0 bridgehead atoms. The second-order valence-corrected chi connectivity index (χ2v) is 5.89. The second kappa shape index (κ2) is 6.00. The lowest BCUT2D eigenvalue weighted by molar-refractivity contribution is -0.297. The molecule has 1 aliphatic rings. The zero-order chi connectivity index (χ0) is 18.2. The molecule has 0 radical (unpaired) electrons. The van der Waals surface area contributed by atoms with Gasteiger partial charge in [-0.15, -0.1) is 0 Å². The van der Waals surface area contributed by atoms with E-state index in [1.54, 1.807) is 49.4 Å². The van der Waals surface area contributed by atoms with Gasteiger partial charge in [-0.1, -0.05) is 48.0 Å². The van der Waals surface area contributed by atoms with Crippen LogP contribution in [0.3, 0.4) is 0 Å². The topological polar surface area (TPSA) is 52.9 Å². The summed E-state index contributed by atoms with van der Waals surface area (Å²) in [5.41, 5.74) is -2.07. The van der Waals surface area contributed by atoms with Crippen molar-refractivity contribution >= 4 is 11.6 Å². The Kier molecular flexibility index (Phi) is 4.12. The van der Waals surface area contributed by atoms with Gasteiger partial charge in [-0.05, 0) is 24.6 Å². The highest BCUT2D eigenvalue weighted by atomic mass is 19.4. The average Bonchev–Trinajstić information content (AvgIpc) is 2.95. The van der Waals surface area contributed by atoms with Gasteiger partial charge < -0.3 is 5.11 Å². The van der Waals surface area contributed by atoms with E-state index in [9.17, 15) is 23.1 Å². The van der Waals surface area contributed by atoms with E-state index in [-0.39, 0.29) is 16.3 Å². The van der Waals surface area contributed by atoms with Crippen LogP contribution in [0, 0.1) is 6.92 Å². The first kappa shape index (κ1) is 17.2. The van der Waals surface area contributed by atoms with E-state index >= 15 is 0 Å². The van der Waals surface area contributed by atoms with E-state index in [4.69, 9.17) is 0 Å². The van der Waals surface area contributed by atoms with Crippen molar-refractivity contribution in [2.75, 3.05) is 0 Å². The normalized spacial score (nSPS) is 20.5. The van der Waals surface area contributed by atoms with Crippen LogP contribution in [0.4, 0.5) is 13.2 Å². The SMILES string of the molecule is Cc1ccc(C(=O)N2N=C(c3ccccc3)C[C@]2(O)C(F)(F)F)cc1. The number of hydrazone groups is 1. The summed E-state index contributed by atoms with van der Waals surface area (Å²) in [7, 11) is 0. The van der Waals surface area contributed by atoms with Crippen LogP contribution in [-0.2, 0) is 0 Å². The lowest BCUT2D eigenvalue weighted by Crippen LogP contribution is -2.56. The summed E-state index contributed by atoms with van der Waals surface area (Å²) in [5.74, 6) is -1.01. The number of carbonyl (C=O) groups is 1. The number of aliphatic hydroxyl groups is 1.